The Labute approximate surface area is 87.7 Å². The standard InChI is InChI=1S/C10H11F2N.ClH/c11-10(12)5-8(6-10)7-2-1-3-9(13)4-7;/h1-4,8H,5-6,13H2;1H. The molecule has 0 amide bonds. The zero-order chi connectivity index (χ0) is 9.47. The van der Waals surface area contributed by atoms with Gasteiger partial charge in [0.15, 0.2) is 0 Å². The Morgan fingerprint density at radius 1 is 1.29 bits per heavy atom. The summed E-state index contributed by atoms with van der Waals surface area (Å²) >= 11 is 0. The molecule has 14 heavy (non-hydrogen) atoms. The summed E-state index contributed by atoms with van der Waals surface area (Å²) in [5.41, 5.74) is 7.14. The van der Waals surface area contributed by atoms with Crippen molar-refractivity contribution in [2.24, 2.45) is 0 Å². The van der Waals surface area contributed by atoms with Crippen molar-refractivity contribution in [2.45, 2.75) is 24.7 Å². The molecule has 1 saturated carbocycles. The van der Waals surface area contributed by atoms with Crippen molar-refractivity contribution in [3.05, 3.63) is 29.8 Å². The zero-order valence-corrected chi connectivity index (χ0v) is 8.36. The third kappa shape index (κ3) is 2.15. The lowest BCUT2D eigenvalue weighted by Gasteiger charge is -2.35. The maximum Gasteiger partial charge on any atom is 0.249 e. The maximum atomic E-state index is 12.5. The molecule has 0 unspecified atom stereocenters. The minimum absolute atomic E-state index is 0. The monoisotopic (exact) mass is 219 g/mol. The Kier molecular flexibility index (Phi) is 3.00. The number of nitrogens with two attached hydrogens (primary N) is 1. The molecule has 0 aromatic heterocycles. The van der Waals surface area contributed by atoms with Crippen LogP contribution in [0.2, 0.25) is 0 Å². The normalized spacial score (nSPS) is 19.6. The van der Waals surface area contributed by atoms with Gasteiger partial charge in [-0.05, 0) is 23.6 Å². The van der Waals surface area contributed by atoms with Crippen LogP contribution in [0.4, 0.5) is 14.5 Å². The molecule has 1 aromatic rings. The number of hydrogen-bond donors (Lipinski definition) is 1. The molecule has 0 heterocycles. The van der Waals surface area contributed by atoms with E-state index in [0.29, 0.717) is 5.69 Å². The van der Waals surface area contributed by atoms with E-state index in [1.54, 1.807) is 18.2 Å². The average molecular weight is 220 g/mol. The lowest BCUT2D eigenvalue weighted by Crippen LogP contribution is -2.33. The smallest absolute Gasteiger partial charge is 0.249 e. The first-order valence-corrected chi connectivity index (χ1v) is 4.30. The van der Waals surface area contributed by atoms with E-state index in [0.717, 1.165) is 5.56 Å². The van der Waals surface area contributed by atoms with Gasteiger partial charge in [-0.3, -0.25) is 0 Å². The van der Waals surface area contributed by atoms with Crippen molar-refractivity contribution in [3.8, 4) is 0 Å². The molecule has 0 bridgehead atoms. The van der Waals surface area contributed by atoms with Crippen LogP contribution in [0.5, 0.6) is 0 Å². The number of rotatable bonds is 1. The van der Waals surface area contributed by atoms with Gasteiger partial charge in [0.05, 0.1) is 0 Å². The predicted octanol–water partition coefficient (Wildman–Crippen LogP) is 3.20. The van der Waals surface area contributed by atoms with Gasteiger partial charge in [-0.1, -0.05) is 12.1 Å². The van der Waals surface area contributed by atoms with E-state index in [-0.39, 0.29) is 31.2 Å². The van der Waals surface area contributed by atoms with Crippen molar-refractivity contribution in [1.29, 1.82) is 0 Å². The third-order valence-electron chi connectivity index (χ3n) is 2.47. The first-order chi connectivity index (χ1) is 6.07. The van der Waals surface area contributed by atoms with Crippen LogP contribution in [0.25, 0.3) is 0 Å². The molecule has 1 aromatic carbocycles. The van der Waals surface area contributed by atoms with Gasteiger partial charge in [0, 0.05) is 18.5 Å². The molecule has 78 valence electrons. The molecule has 1 aliphatic rings. The van der Waals surface area contributed by atoms with Crippen LogP contribution in [0.3, 0.4) is 0 Å². The zero-order valence-electron chi connectivity index (χ0n) is 7.54. The molecule has 0 atom stereocenters. The van der Waals surface area contributed by atoms with E-state index in [2.05, 4.69) is 0 Å². The molecule has 2 N–H and O–H groups in total. The van der Waals surface area contributed by atoms with Gasteiger partial charge >= 0.3 is 0 Å². The minimum Gasteiger partial charge on any atom is -0.399 e. The number of hydrogen-bond acceptors (Lipinski definition) is 1. The van der Waals surface area contributed by atoms with E-state index in [1.807, 2.05) is 6.07 Å². The highest BCUT2D eigenvalue weighted by Gasteiger charge is 2.45. The van der Waals surface area contributed by atoms with Crippen LogP contribution in [0.1, 0.15) is 24.3 Å². The number of nitrogen functional groups attached to an aromatic ring is 1. The summed E-state index contributed by atoms with van der Waals surface area (Å²) in [7, 11) is 0. The summed E-state index contributed by atoms with van der Waals surface area (Å²) in [6, 6.07) is 7.21. The molecule has 0 radical (unpaired) electrons. The molecule has 4 heteroatoms. The second-order valence-corrected chi connectivity index (χ2v) is 3.63. The highest BCUT2D eigenvalue weighted by molar-refractivity contribution is 5.85. The van der Waals surface area contributed by atoms with Gasteiger partial charge in [-0.2, -0.15) is 0 Å². The van der Waals surface area contributed by atoms with Gasteiger partial charge in [0.1, 0.15) is 0 Å². The Morgan fingerprint density at radius 2 is 1.93 bits per heavy atom. The quantitative estimate of drug-likeness (QED) is 0.722. The fourth-order valence-electron chi connectivity index (χ4n) is 1.71. The molecule has 1 nitrogen and oxygen atoms in total. The Bertz CT molecular complexity index is 320. The van der Waals surface area contributed by atoms with Crippen molar-refractivity contribution >= 4 is 18.1 Å². The second-order valence-electron chi connectivity index (χ2n) is 3.63. The molecular formula is C10H12ClF2N. The third-order valence-corrected chi connectivity index (χ3v) is 2.47. The first kappa shape index (κ1) is 11.2. The lowest BCUT2D eigenvalue weighted by atomic mass is 9.77. The van der Waals surface area contributed by atoms with Crippen molar-refractivity contribution in [3.63, 3.8) is 0 Å². The van der Waals surface area contributed by atoms with E-state index < -0.39 is 5.92 Å². The summed E-state index contributed by atoms with van der Waals surface area (Å²) in [6.45, 7) is 0. The largest absolute Gasteiger partial charge is 0.399 e. The summed E-state index contributed by atoms with van der Waals surface area (Å²) < 4.78 is 25.1. The van der Waals surface area contributed by atoms with Gasteiger partial charge < -0.3 is 5.73 Å². The van der Waals surface area contributed by atoms with Crippen LogP contribution in [-0.2, 0) is 0 Å². The molecule has 0 aliphatic heterocycles. The average Bonchev–Trinajstić information content (AvgIpc) is 2.00. The van der Waals surface area contributed by atoms with Gasteiger partial charge in [0.25, 0.3) is 0 Å². The Balaban J connectivity index is 0.000000980. The second kappa shape index (κ2) is 3.73. The lowest BCUT2D eigenvalue weighted by molar-refractivity contribution is -0.0867. The highest BCUT2D eigenvalue weighted by Crippen LogP contribution is 2.48. The molecule has 1 aliphatic carbocycles. The first-order valence-electron chi connectivity index (χ1n) is 4.30. The summed E-state index contributed by atoms with van der Waals surface area (Å²) in [4.78, 5) is 0. The fraction of sp³-hybridized carbons (Fsp3) is 0.400. The predicted molar refractivity (Wildman–Crippen MR) is 55.0 cm³/mol. The van der Waals surface area contributed by atoms with Crippen LogP contribution >= 0.6 is 12.4 Å². The van der Waals surface area contributed by atoms with Crippen molar-refractivity contribution in [1.82, 2.24) is 0 Å². The molecule has 0 saturated heterocycles. The minimum atomic E-state index is -2.45. The topological polar surface area (TPSA) is 26.0 Å². The maximum absolute atomic E-state index is 12.5. The summed E-state index contributed by atoms with van der Waals surface area (Å²) in [5.74, 6) is -2.45. The summed E-state index contributed by atoms with van der Waals surface area (Å²) in [6.07, 6.45) is -0.0626. The van der Waals surface area contributed by atoms with Gasteiger partial charge in [0.2, 0.25) is 5.92 Å². The van der Waals surface area contributed by atoms with Crippen LogP contribution in [-0.4, -0.2) is 5.92 Å². The van der Waals surface area contributed by atoms with E-state index in [4.69, 9.17) is 5.73 Å². The SMILES string of the molecule is Cl.Nc1cccc(C2CC(F)(F)C2)c1. The number of halogens is 3. The summed E-state index contributed by atoms with van der Waals surface area (Å²) in [5, 5.41) is 0. The Hall–Kier alpha value is -0.830. The van der Waals surface area contributed by atoms with Crippen molar-refractivity contribution < 1.29 is 8.78 Å². The fourth-order valence-corrected chi connectivity index (χ4v) is 1.71. The number of benzene rings is 1. The van der Waals surface area contributed by atoms with Crippen LogP contribution in [0, 0.1) is 0 Å². The highest BCUT2D eigenvalue weighted by atomic mass is 35.5. The van der Waals surface area contributed by atoms with E-state index in [1.165, 1.54) is 0 Å². The Morgan fingerprint density at radius 3 is 2.43 bits per heavy atom. The number of alkyl halides is 2. The van der Waals surface area contributed by atoms with E-state index >= 15 is 0 Å². The van der Waals surface area contributed by atoms with Gasteiger partial charge in [-0.15, -0.1) is 12.4 Å². The van der Waals surface area contributed by atoms with Gasteiger partial charge in [-0.25, -0.2) is 8.78 Å². The van der Waals surface area contributed by atoms with Crippen molar-refractivity contribution in [2.75, 3.05) is 5.73 Å². The number of anilines is 1. The molecular weight excluding hydrogens is 208 g/mol. The molecule has 0 spiro atoms. The van der Waals surface area contributed by atoms with Crippen LogP contribution < -0.4 is 5.73 Å². The molecule has 2 rings (SSSR count). The van der Waals surface area contributed by atoms with Crippen LogP contribution in [0.15, 0.2) is 24.3 Å². The molecule has 1 fully saturated rings. The van der Waals surface area contributed by atoms with E-state index in [9.17, 15) is 8.78 Å².